The van der Waals surface area contributed by atoms with Crippen molar-refractivity contribution in [1.29, 1.82) is 0 Å². The second kappa shape index (κ2) is 17.0. The zero-order chi connectivity index (χ0) is 14.9. The average Bonchev–Trinajstić information content (AvgIpc) is 2.47. The molecule has 1 aliphatic rings. The maximum Gasteiger partial charge on any atom is 0.0540 e. The molecule has 0 atom stereocenters. The van der Waals surface area contributed by atoms with Crippen LogP contribution in [0.4, 0.5) is 0 Å². The van der Waals surface area contributed by atoms with Gasteiger partial charge in [0, 0.05) is 6.61 Å². The van der Waals surface area contributed by atoms with Crippen LogP contribution >= 0.6 is 0 Å². The van der Waals surface area contributed by atoms with Crippen molar-refractivity contribution in [2.24, 2.45) is 0 Å². The van der Waals surface area contributed by atoms with Gasteiger partial charge in [-0.25, -0.2) is 0 Å². The average molecular weight is 287 g/mol. The van der Waals surface area contributed by atoms with Gasteiger partial charge in [0.2, 0.25) is 0 Å². The zero-order valence-corrected chi connectivity index (χ0v) is 13.8. The summed E-state index contributed by atoms with van der Waals surface area (Å²) in [6.07, 6.45) is 19.2. The minimum atomic E-state index is 0.0359. The molecule has 122 valence electrons. The lowest BCUT2D eigenvalue weighted by molar-refractivity contribution is 0.130. The summed E-state index contributed by atoms with van der Waals surface area (Å²) in [4.78, 5) is 0. The molecule has 0 heterocycles. The highest BCUT2D eigenvalue weighted by atomic mass is 16.3. The highest BCUT2D eigenvalue weighted by Gasteiger charge is 2.07. The van der Waals surface area contributed by atoms with Crippen molar-refractivity contribution >= 4 is 0 Å². The van der Waals surface area contributed by atoms with E-state index in [4.69, 9.17) is 10.2 Å². The third kappa shape index (κ3) is 16.0. The molecule has 2 heteroatoms. The summed E-state index contributed by atoms with van der Waals surface area (Å²) in [6.45, 7) is 2.63. The van der Waals surface area contributed by atoms with Crippen molar-refractivity contribution in [3.63, 3.8) is 0 Å². The number of unbranched alkanes of at least 4 members (excludes halogenated alkanes) is 9. The topological polar surface area (TPSA) is 40.5 Å². The first kappa shape index (κ1) is 19.9. The maximum atomic E-state index is 8.91. The lowest BCUT2D eigenvalue weighted by atomic mass is 9.98. The summed E-state index contributed by atoms with van der Waals surface area (Å²) >= 11 is 0. The monoisotopic (exact) mass is 286 g/mol. The van der Waals surface area contributed by atoms with Gasteiger partial charge in [0.05, 0.1) is 6.10 Å². The van der Waals surface area contributed by atoms with Gasteiger partial charge in [-0.3, -0.25) is 0 Å². The molecule has 0 spiro atoms. The van der Waals surface area contributed by atoms with Gasteiger partial charge in [-0.05, 0) is 19.3 Å². The second-order valence-electron chi connectivity index (χ2n) is 6.20. The van der Waals surface area contributed by atoms with Crippen molar-refractivity contribution in [1.82, 2.24) is 0 Å². The molecule has 0 aromatic carbocycles. The Morgan fingerprint density at radius 2 is 1.15 bits per heavy atom. The Labute approximate surface area is 127 Å². The first-order valence-electron chi connectivity index (χ1n) is 9.10. The molecule has 2 nitrogen and oxygen atoms in total. The maximum absolute atomic E-state index is 8.91. The van der Waals surface area contributed by atoms with Gasteiger partial charge in [0.15, 0.2) is 0 Å². The molecule has 0 aromatic heterocycles. The van der Waals surface area contributed by atoms with Crippen LogP contribution in [-0.4, -0.2) is 22.9 Å². The van der Waals surface area contributed by atoms with Crippen molar-refractivity contribution < 1.29 is 10.2 Å². The largest absolute Gasteiger partial charge is 0.396 e. The molecule has 1 rings (SSSR count). The SMILES string of the molecule is CCCCCCCCCCCCO.OC1CCCCC1. The van der Waals surface area contributed by atoms with E-state index in [1.165, 1.54) is 77.0 Å². The Bertz CT molecular complexity index is 155. The molecule has 0 aliphatic heterocycles. The molecule has 1 aliphatic carbocycles. The molecule has 0 amide bonds. The van der Waals surface area contributed by atoms with Crippen LogP contribution in [0.3, 0.4) is 0 Å². The molecule has 0 unspecified atom stereocenters. The number of rotatable bonds is 10. The van der Waals surface area contributed by atoms with Crippen molar-refractivity contribution in [2.45, 2.75) is 109 Å². The number of hydrogen-bond donors (Lipinski definition) is 2. The lowest BCUT2D eigenvalue weighted by Gasteiger charge is -2.14. The molecule has 1 saturated carbocycles. The van der Waals surface area contributed by atoms with E-state index in [0.29, 0.717) is 6.61 Å². The van der Waals surface area contributed by atoms with Gasteiger partial charge in [-0.1, -0.05) is 84.0 Å². The van der Waals surface area contributed by atoms with E-state index in [0.717, 1.165) is 19.3 Å². The van der Waals surface area contributed by atoms with E-state index in [1.807, 2.05) is 0 Å². The van der Waals surface area contributed by atoms with E-state index in [9.17, 15) is 0 Å². The summed E-state index contributed by atoms with van der Waals surface area (Å²) < 4.78 is 0. The van der Waals surface area contributed by atoms with Crippen molar-refractivity contribution in [2.75, 3.05) is 6.61 Å². The van der Waals surface area contributed by atoms with E-state index < -0.39 is 0 Å². The molecule has 20 heavy (non-hydrogen) atoms. The predicted molar refractivity (Wildman–Crippen MR) is 88.0 cm³/mol. The first-order chi connectivity index (χ1) is 9.81. The van der Waals surface area contributed by atoms with E-state index in [-0.39, 0.29) is 6.10 Å². The first-order valence-corrected chi connectivity index (χ1v) is 9.10. The fraction of sp³-hybridized carbons (Fsp3) is 1.00. The standard InChI is InChI=1S/C12H26O.C6H12O/c1-2-3-4-5-6-7-8-9-10-11-12-13;7-6-4-2-1-3-5-6/h13H,2-12H2,1H3;6-7H,1-5H2. The molecule has 0 saturated heterocycles. The van der Waals surface area contributed by atoms with E-state index >= 15 is 0 Å². The van der Waals surface area contributed by atoms with Crippen LogP contribution in [0.15, 0.2) is 0 Å². The molecule has 1 fully saturated rings. The smallest absolute Gasteiger partial charge is 0.0540 e. The Morgan fingerprint density at radius 3 is 1.50 bits per heavy atom. The van der Waals surface area contributed by atoms with E-state index in [1.54, 1.807) is 0 Å². The third-order valence-electron chi connectivity index (χ3n) is 4.09. The molecule has 2 N–H and O–H groups in total. The molecular weight excluding hydrogens is 248 g/mol. The summed E-state index contributed by atoms with van der Waals surface area (Å²) in [5.74, 6) is 0. The van der Waals surface area contributed by atoms with Crippen LogP contribution in [0.25, 0.3) is 0 Å². The van der Waals surface area contributed by atoms with Crippen molar-refractivity contribution in [3.05, 3.63) is 0 Å². The van der Waals surface area contributed by atoms with Crippen LogP contribution in [0.5, 0.6) is 0 Å². The van der Waals surface area contributed by atoms with Gasteiger partial charge in [0.25, 0.3) is 0 Å². The summed E-state index contributed by atoms with van der Waals surface area (Å²) in [5, 5.41) is 17.5. The Morgan fingerprint density at radius 1 is 0.700 bits per heavy atom. The molecule has 0 aromatic rings. The summed E-state index contributed by atoms with van der Waals surface area (Å²) in [6, 6.07) is 0. The fourth-order valence-corrected chi connectivity index (χ4v) is 2.68. The molecule has 0 bridgehead atoms. The second-order valence-corrected chi connectivity index (χ2v) is 6.20. The van der Waals surface area contributed by atoms with Crippen molar-refractivity contribution in [3.8, 4) is 0 Å². The molecular formula is C18H38O2. The van der Waals surface area contributed by atoms with Gasteiger partial charge in [-0.2, -0.15) is 0 Å². The Balaban J connectivity index is 0.000000428. The van der Waals surface area contributed by atoms with E-state index in [2.05, 4.69) is 6.92 Å². The van der Waals surface area contributed by atoms with Gasteiger partial charge < -0.3 is 10.2 Å². The van der Waals surface area contributed by atoms with Crippen LogP contribution < -0.4 is 0 Å². The number of aliphatic hydroxyl groups excluding tert-OH is 2. The summed E-state index contributed by atoms with van der Waals surface area (Å²) in [7, 11) is 0. The van der Waals surface area contributed by atoms with Gasteiger partial charge >= 0.3 is 0 Å². The highest BCUT2D eigenvalue weighted by Crippen LogP contribution is 2.16. The Kier molecular flexibility index (Phi) is 16.9. The number of aliphatic hydroxyl groups is 2. The normalized spacial score (nSPS) is 15.8. The van der Waals surface area contributed by atoms with Gasteiger partial charge in [0.1, 0.15) is 0 Å². The zero-order valence-electron chi connectivity index (χ0n) is 13.8. The molecule has 0 radical (unpaired) electrons. The predicted octanol–water partition coefficient (Wildman–Crippen LogP) is 5.21. The third-order valence-corrected chi connectivity index (χ3v) is 4.09. The summed E-state index contributed by atoms with van der Waals surface area (Å²) in [5.41, 5.74) is 0. The van der Waals surface area contributed by atoms with Crippen LogP contribution in [-0.2, 0) is 0 Å². The van der Waals surface area contributed by atoms with Crippen LogP contribution in [0.1, 0.15) is 103 Å². The van der Waals surface area contributed by atoms with Gasteiger partial charge in [-0.15, -0.1) is 0 Å². The minimum absolute atomic E-state index is 0.0359. The fourth-order valence-electron chi connectivity index (χ4n) is 2.68. The number of hydrogen-bond acceptors (Lipinski definition) is 2. The van der Waals surface area contributed by atoms with Crippen LogP contribution in [0.2, 0.25) is 0 Å². The highest BCUT2D eigenvalue weighted by molar-refractivity contribution is 4.61. The minimum Gasteiger partial charge on any atom is -0.396 e. The lowest BCUT2D eigenvalue weighted by Crippen LogP contribution is -2.09. The Hall–Kier alpha value is -0.0800. The quantitative estimate of drug-likeness (QED) is 0.541. The van der Waals surface area contributed by atoms with Crippen LogP contribution in [0, 0.1) is 0 Å².